The van der Waals surface area contributed by atoms with Gasteiger partial charge in [-0.05, 0) is 32.4 Å². The highest BCUT2D eigenvalue weighted by atomic mass is 14.7. The van der Waals surface area contributed by atoms with Crippen molar-refractivity contribution < 1.29 is 0 Å². The molecule has 1 heteroatoms. The van der Waals surface area contributed by atoms with Crippen LogP contribution in [0.5, 0.6) is 0 Å². The first-order chi connectivity index (χ1) is 11.2. The summed E-state index contributed by atoms with van der Waals surface area (Å²) >= 11 is 0. The predicted molar refractivity (Wildman–Crippen MR) is 115 cm³/mol. The van der Waals surface area contributed by atoms with Gasteiger partial charge in [0.1, 0.15) is 0 Å². The summed E-state index contributed by atoms with van der Waals surface area (Å²) in [6, 6.07) is 0. The summed E-state index contributed by atoms with van der Waals surface area (Å²) in [4.78, 5) is 4.25. The van der Waals surface area contributed by atoms with E-state index in [1.807, 2.05) is 86.6 Å². The van der Waals surface area contributed by atoms with E-state index in [4.69, 9.17) is 0 Å². The minimum absolute atomic E-state index is 0.906. The number of rotatable bonds is 5. The smallest absolute Gasteiger partial charge is 0.0694 e. The molecule has 0 fully saturated rings. The first kappa shape index (κ1) is 32.9. The molecule has 0 spiro atoms. The van der Waals surface area contributed by atoms with Crippen LogP contribution in [0, 0.1) is 0 Å². The fourth-order valence-corrected chi connectivity index (χ4v) is 0.966. The zero-order valence-electron chi connectivity index (χ0n) is 17.2. The van der Waals surface area contributed by atoms with E-state index in [9.17, 15) is 0 Å². The molecular weight excluding hydrogens is 278 g/mol. The molecule has 0 bridgehead atoms. The van der Waals surface area contributed by atoms with Gasteiger partial charge in [0.05, 0.1) is 5.70 Å². The van der Waals surface area contributed by atoms with E-state index in [1.165, 1.54) is 0 Å². The van der Waals surface area contributed by atoms with Gasteiger partial charge in [-0.15, -0.1) is 6.58 Å². The van der Waals surface area contributed by atoms with Crippen LogP contribution < -0.4 is 0 Å². The van der Waals surface area contributed by atoms with Crippen molar-refractivity contribution in [3.8, 4) is 0 Å². The summed E-state index contributed by atoms with van der Waals surface area (Å²) in [5.41, 5.74) is 1.96. The van der Waals surface area contributed by atoms with E-state index < -0.39 is 0 Å². The second-order valence-electron chi connectivity index (χ2n) is 2.92. The third-order valence-electron chi connectivity index (χ3n) is 1.56. The Hall–Kier alpha value is -1.89. The third kappa shape index (κ3) is 33.1. The van der Waals surface area contributed by atoms with Crippen molar-refractivity contribution in [3.05, 3.63) is 73.5 Å². The minimum atomic E-state index is 0.906. The molecule has 0 unspecified atom stereocenters. The average molecular weight is 320 g/mol. The molecule has 0 radical (unpaired) electrons. The Morgan fingerprint density at radius 2 is 1.22 bits per heavy atom. The second-order valence-corrected chi connectivity index (χ2v) is 2.92. The van der Waals surface area contributed by atoms with Crippen molar-refractivity contribution in [1.29, 1.82) is 0 Å². The molecule has 0 N–H and O–H groups in total. The maximum absolute atomic E-state index is 4.25. The van der Waals surface area contributed by atoms with Gasteiger partial charge in [0.15, 0.2) is 0 Å². The summed E-state index contributed by atoms with van der Waals surface area (Å²) in [5, 5.41) is 0. The molecule has 0 amide bonds. The fraction of sp³-hybridized carbons (Fsp3) is 0.409. The maximum Gasteiger partial charge on any atom is 0.0694 e. The zero-order valence-corrected chi connectivity index (χ0v) is 17.2. The minimum Gasteiger partial charge on any atom is -0.261 e. The summed E-state index contributed by atoms with van der Waals surface area (Å²) in [5.74, 6) is 0. The largest absolute Gasteiger partial charge is 0.261 e. The normalized spacial score (nSPS) is 9.78. The van der Waals surface area contributed by atoms with Crippen LogP contribution in [-0.4, -0.2) is 6.21 Å². The molecule has 1 nitrogen and oxygen atoms in total. The Kier molecular flexibility index (Phi) is 61.1. The third-order valence-corrected chi connectivity index (χ3v) is 1.56. The van der Waals surface area contributed by atoms with Crippen molar-refractivity contribution >= 4 is 6.21 Å². The van der Waals surface area contributed by atoms with E-state index in [1.54, 1.807) is 24.4 Å². The summed E-state index contributed by atoms with van der Waals surface area (Å²) in [7, 11) is 0. The highest BCUT2D eigenvalue weighted by molar-refractivity contribution is 5.58. The van der Waals surface area contributed by atoms with Crippen molar-refractivity contribution in [1.82, 2.24) is 0 Å². The number of nitrogens with zero attached hydrogens (tertiary/aromatic N) is 1. The lowest BCUT2D eigenvalue weighted by Crippen LogP contribution is -1.83. The molecular formula is C22H41N. The van der Waals surface area contributed by atoms with Crippen LogP contribution in [0.1, 0.15) is 62.3 Å². The lowest BCUT2D eigenvalue weighted by Gasteiger charge is -2.00. The number of allylic oxidation sites excluding steroid dienone is 7. The summed E-state index contributed by atoms with van der Waals surface area (Å²) in [6.45, 7) is 28.4. The number of aliphatic imine (C=N–C) groups is 1. The molecule has 23 heavy (non-hydrogen) atoms. The van der Waals surface area contributed by atoms with Crippen LogP contribution in [0.3, 0.4) is 0 Å². The van der Waals surface area contributed by atoms with Crippen LogP contribution in [0.2, 0.25) is 0 Å². The lowest BCUT2D eigenvalue weighted by atomic mass is 10.1. The van der Waals surface area contributed by atoms with Gasteiger partial charge in [0.25, 0.3) is 0 Å². The first-order valence-corrected chi connectivity index (χ1v) is 8.55. The highest BCUT2D eigenvalue weighted by Crippen LogP contribution is 2.13. The molecule has 0 aliphatic rings. The molecule has 0 aromatic heterocycles. The Labute approximate surface area is 147 Å². The Bertz CT molecular complexity index is 339. The maximum atomic E-state index is 4.25. The van der Waals surface area contributed by atoms with Gasteiger partial charge in [-0.1, -0.05) is 91.2 Å². The van der Waals surface area contributed by atoms with Crippen molar-refractivity contribution in [2.75, 3.05) is 0 Å². The molecule has 0 aromatic carbocycles. The topological polar surface area (TPSA) is 12.4 Å². The molecule has 134 valence electrons. The van der Waals surface area contributed by atoms with Gasteiger partial charge < -0.3 is 0 Å². The van der Waals surface area contributed by atoms with Gasteiger partial charge in [-0.2, -0.15) is 0 Å². The Morgan fingerprint density at radius 1 is 0.783 bits per heavy atom. The second kappa shape index (κ2) is 42.7. The van der Waals surface area contributed by atoms with Gasteiger partial charge in [0, 0.05) is 6.21 Å². The van der Waals surface area contributed by atoms with Crippen molar-refractivity contribution in [3.63, 3.8) is 0 Å². The van der Waals surface area contributed by atoms with Gasteiger partial charge in [-0.25, -0.2) is 0 Å². The molecule has 0 saturated carbocycles. The molecule has 0 aliphatic carbocycles. The number of hydrogen-bond acceptors (Lipinski definition) is 1. The first-order valence-electron chi connectivity index (χ1n) is 8.55. The zero-order chi connectivity index (χ0) is 19.5. The average Bonchev–Trinajstić information content (AvgIpc) is 2.62. The van der Waals surface area contributed by atoms with E-state index >= 15 is 0 Å². The summed E-state index contributed by atoms with van der Waals surface area (Å²) in [6.07, 6.45) is 14.7. The molecule has 0 aromatic rings. The van der Waals surface area contributed by atoms with Gasteiger partial charge in [0.2, 0.25) is 0 Å². The molecule has 0 aliphatic heterocycles. The standard InChI is InChI=1S/C13H17N.C3H6.3C2H6/c1-5-9-11-12(7-3)13(10-6-2)14-8-4;1-3-2;3*1-2/h5-11H,1-2H2,3-4H3;3H,1H2,2H3;3*1-2H3/b11-9-,12-7+,13-10-,14-8?;;;;. The Balaban J connectivity index is -0.000000101. The molecule has 0 saturated heterocycles. The lowest BCUT2D eigenvalue weighted by molar-refractivity contribution is 1.34. The molecule has 0 heterocycles. The van der Waals surface area contributed by atoms with Crippen LogP contribution in [0.15, 0.2) is 78.5 Å². The van der Waals surface area contributed by atoms with Crippen LogP contribution in [0.25, 0.3) is 0 Å². The van der Waals surface area contributed by atoms with Crippen LogP contribution >= 0.6 is 0 Å². The fourth-order valence-electron chi connectivity index (χ4n) is 0.966. The predicted octanol–water partition coefficient (Wildman–Crippen LogP) is 8.11. The quantitative estimate of drug-likeness (QED) is 0.276. The van der Waals surface area contributed by atoms with Crippen molar-refractivity contribution in [2.45, 2.75) is 62.3 Å². The van der Waals surface area contributed by atoms with E-state index in [-0.39, 0.29) is 0 Å². The van der Waals surface area contributed by atoms with E-state index in [0.29, 0.717) is 0 Å². The Morgan fingerprint density at radius 3 is 1.48 bits per heavy atom. The van der Waals surface area contributed by atoms with Crippen LogP contribution in [-0.2, 0) is 0 Å². The highest BCUT2D eigenvalue weighted by Gasteiger charge is 1.95. The number of hydrogen-bond donors (Lipinski definition) is 0. The monoisotopic (exact) mass is 319 g/mol. The van der Waals surface area contributed by atoms with Crippen LogP contribution in [0.4, 0.5) is 0 Å². The van der Waals surface area contributed by atoms with Gasteiger partial charge in [-0.3, -0.25) is 4.99 Å². The van der Waals surface area contributed by atoms with E-state index in [2.05, 4.69) is 24.7 Å². The van der Waals surface area contributed by atoms with Crippen molar-refractivity contribution in [2.24, 2.45) is 4.99 Å². The molecule has 0 rings (SSSR count). The van der Waals surface area contributed by atoms with E-state index in [0.717, 1.165) is 11.3 Å². The SMILES string of the molecule is C=CC.C=C\C=C/C(=C\C)C(=C/C=C)/N=CC.CC.CC.CC. The summed E-state index contributed by atoms with van der Waals surface area (Å²) < 4.78 is 0. The molecule has 0 atom stereocenters. The van der Waals surface area contributed by atoms with Gasteiger partial charge >= 0.3 is 0 Å².